The molecule has 5 nitrogen and oxygen atoms in total. The van der Waals surface area contributed by atoms with Crippen LogP contribution in [0.3, 0.4) is 0 Å². The van der Waals surface area contributed by atoms with E-state index in [1.165, 1.54) is 23.9 Å². The molecule has 0 aliphatic rings. The van der Waals surface area contributed by atoms with E-state index >= 15 is 0 Å². The number of carbonyl (C=O) groups is 1. The summed E-state index contributed by atoms with van der Waals surface area (Å²) < 4.78 is 15.2. The Kier molecular flexibility index (Phi) is 7.81. The van der Waals surface area contributed by atoms with E-state index in [-0.39, 0.29) is 23.7 Å². The zero-order chi connectivity index (χ0) is 25.9. The van der Waals surface area contributed by atoms with Crippen molar-refractivity contribution in [1.29, 1.82) is 0 Å². The molecular weight excluding hydrogens is 495 g/mol. The number of carbonyl (C=O) groups excluding carboxylic acids is 1. The molecule has 8 heteroatoms. The molecule has 0 bridgehead atoms. The van der Waals surface area contributed by atoms with Crippen LogP contribution in [0.2, 0.25) is 5.02 Å². The maximum absolute atomic E-state index is 13.3. The van der Waals surface area contributed by atoms with Gasteiger partial charge in [0.1, 0.15) is 5.82 Å². The van der Waals surface area contributed by atoms with Crippen molar-refractivity contribution in [2.24, 2.45) is 0 Å². The van der Waals surface area contributed by atoms with Crippen molar-refractivity contribution in [3.05, 3.63) is 106 Å². The first-order valence-electron chi connectivity index (χ1n) is 11.6. The van der Waals surface area contributed by atoms with Crippen LogP contribution < -0.4 is 5.32 Å². The summed E-state index contributed by atoms with van der Waals surface area (Å²) >= 11 is 7.79. The van der Waals surface area contributed by atoms with Crippen LogP contribution in [0.15, 0.2) is 71.9 Å². The minimum absolute atomic E-state index is 0.0161. The van der Waals surface area contributed by atoms with Gasteiger partial charge in [-0.05, 0) is 65.4 Å². The molecule has 186 valence electrons. The molecule has 4 rings (SSSR count). The van der Waals surface area contributed by atoms with Gasteiger partial charge < -0.3 is 5.32 Å². The first kappa shape index (κ1) is 25.9. The fraction of sp³-hybridized carbons (Fsp3) is 0.250. The molecule has 0 saturated heterocycles. The number of amides is 1. The lowest BCUT2D eigenvalue weighted by Crippen LogP contribution is -2.25. The molecule has 36 heavy (non-hydrogen) atoms. The Morgan fingerprint density at radius 3 is 2.39 bits per heavy atom. The molecule has 0 atom stereocenters. The van der Waals surface area contributed by atoms with Gasteiger partial charge in [0.15, 0.2) is 11.0 Å². The zero-order valence-corrected chi connectivity index (χ0v) is 22.3. The molecule has 1 N–H and O–H groups in total. The summed E-state index contributed by atoms with van der Waals surface area (Å²) in [6.45, 7) is 8.59. The molecule has 0 aliphatic carbocycles. The summed E-state index contributed by atoms with van der Waals surface area (Å²) in [6, 6.07) is 19.7. The van der Waals surface area contributed by atoms with Crippen LogP contribution in [0.5, 0.6) is 0 Å². The summed E-state index contributed by atoms with van der Waals surface area (Å²) in [5, 5.41) is 13.0. The highest BCUT2D eigenvalue weighted by Gasteiger charge is 2.19. The van der Waals surface area contributed by atoms with Crippen LogP contribution >= 0.6 is 23.4 Å². The van der Waals surface area contributed by atoms with Gasteiger partial charge in [0.2, 0.25) is 0 Å². The predicted molar refractivity (Wildman–Crippen MR) is 143 cm³/mol. The molecule has 0 fully saturated rings. The number of halogens is 2. The fourth-order valence-electron chi connectivity index (χ4n) is 3.69. The summed E-state index contributed by atoms with van der Waals surface area (Å²) in [7, 11) is 0. The van der Waals surface area contributed by atoms with E-state index in [1.54, 1.807) is 12.1 Å². The van der Waals surface area contributed by atoms with E-state index in [1.807, 2.05) is 54.0 Å². The van der Waals surface area contributed by atoms with Crippen LogP contribution in [-0.4, -0.2) is 20.7 Å². The highest BCUT2D eigenvalue weighted by atomic mass is 35.5. The van der Waals surface area contributed by atoms with Crippen molar-refractivity contribution >= 4 is 29.3 Å². The molecule has 0 aliphatic heterocycles. The van der Waals surface area contributed by atoms with Crippen molar-refractivity contribution in [1.82, 2.24) is 20.1 Å². The van der Waals surface area contributed by atoms with Crippen molar-refractivity contribution in [3.8, 4) is 5.69 Å². The highest BCUT2D eigenvalue weighted by molar-refractivity contribution is 7.98. The van der Waals surface area contributed by atoms with Crippen molar-refractivity contribution in [3.63, 3.8) is 0 Å². The molecule has 3 aromatic carbocycles. The van der Waals surface area contributed by atoms with Crippen LogP contribution in [0.1, 0.15) is 53.6 Å². The van der Waals surface area contributed by atoms with E-state index in [9.17, 15) is 9.18 Å². The van der Waals surface area contributed by atoms with Crippen molar-refractivity contribution < 1.29 is 9.18 Å². The molecule has 4 aromatic rings. The van der Waals surface area contributed by atoms with Gasteiger partial charge in [-0.15, -0.1) is 10.2 Å². The third-order valence-corrected chi connectivity index (χ3v) is 7.05. The number of hydrogen-bond acceptors (Lipinski definition) is 4. The van der Waals surface area contributed by atoms with E-state index in [0.29, 0.717) is 27.3 Å². The Bertz CT molecular complexity index is 1360. The van der Waals surface area contributed by atoms with Crippen LogP contribution in [0.25, 0.3) is 5.69 Å². The van der Waals surface area contributed by atoms with Crippen LogP contribution in [0, 0.1) is 12.7 Å². The van der Waals surface area contributed by atoms with Gasteiger partial charge in [0.25, 0.3) is 5.91 Å². The maximum Gasteiger partial charge on any atom is 0.251 e. The van der Waals surface area contributed by atoms with Gasteiger partial charge in [-0.3, -0.25) is 9.36 Å². The maximum atomic E-state index is 13.3. The Hall–Kier alpha value is -3.16. The smallest absolute Gasteiger partial charge is 0.251 e. The Balaban J connectivity index is 1.57. The number of aryl methyl sites for hydroxylation is 1. The number of benzene rings is 3. The average molecular weight is 523 g/mol. The van der Waals surface area contributed by atoms with Gasteiger partial charge in [0, 0.05) is 16.3 Å². The first-order valence-corrected chi connectivity index (χ1v) is 12.9. The minimum atomic E-state index is -0.271. The SMILES string of the molecule is Cc1ccc(Cl)cc1-n1c(CNC(=O)c2ccc(C(C)(C)C)cc2)nnc1SCc1ccc(F)cc1. The minimum Gasteiger partial charge on any atom is -0.345 e. The Labute approximate surface area is 220 Å². The summed E-state index contributed by atoms with van der Waals surface area (Å²) in [5.41, 5.74) is 4.56. The number of rotatable bonds is 7. The van der Waals surface area contributed by atoms with Crippen molar-refractivity contribution in [2.45, 2.75) is 50.6 Å². The van der Waals surface area contributed by atoms with Gasteiger partial charge in [-0.1, -0.05) is 74.5 Å². The van der Waals surface area contributed by atoms with E-state index in [0.717, 1.165) is 22.4 Å². The Morgan fingerprint density at radius 1 is 1.03 bits per heavy atom. The lowest BCUT2D eigenvalue weighted by atomic mass is 9.87. The average Bonchev–Trinajstić information content (AvgIpc) is 3.25. The second-order valence-electron chi connectivity index (χ2n) is 9.59. The lowest BCUT2D eigenvalue weighted by Gasteiger charge is -2.19. The molecule has 1 heterocycles. The van der Waals surface area contributed by atoms with Crippen LogP contribution in [0.4, 0.5) is 4.39 Å². The number of nitrogens with one attached hydrogen (secondary N) is 1. The third-order valence-electron chi connectivity index (χ3n) is 5.81. The summed E-state index contributed by atoms with van der Waals surface area (Å²) in [4.78, 5) is 12.9. The predicted octanol–water partition coefficient (Wildman–Crippen LogP) is 6.89. The van der Waals surface area contributed by atoms with E-state index in [2.05, 4.69) is 36.3 Å². The van der Waals surface area contributed by atoms with E-state index < -0.39 is 0 Å². The second-order valence-corrected chi connectivity index (χ2v) is 11.0. The van der Waals surface area contributed by atoms with Gasteiger partial charge in [-0.2, -0.15) is 0 Å². The number of thioether (sulfide) groups is 1. The molecule has 1 aromatic heterocycles. The quantitative estimate of drug-likeness (QED) is 0.268. The largest absolute Gasteiger partial charge is 0.345 e. The number of aromatic nitrogens is 3. The van der Waals surface area contributed by atoms with Crippen molar-refractivity contribution in [2.75, 3.05) is 0 Å². The fourth-order valence-corrected chi connectivity index (χ4v) is 4.77. The summed E-state index contributed by atoms with van der Waals surface area (Å²) in [6.07, 6.45) is 0. The highest BCUT2D eigenvalue weighted by Crippen LogP contribution is 2.29. The zero-order valence-electron chi connectivity index (χ0n) is 20.7. The van der Waals surface area contributed by atoms with Gasteiger partial charge in [0.05, 0.1) is 12.2 Å². The molecule has 0 radical (unpaired) electrons. The number of hydrogen-bond donors (Lipinski definition) is 1. The normalized spacial score (nSPS) is 11.5. The topological polar surface area (TPSA) is 59.8 Å². The molecule has 1 amide bonds. The summed E-state index contributed by atoms with van der Waals surface area (Å²) in [5.74, 6) is 0.715. The van der Waals surface area contributed by atoms with E-state index in [4.69, 9.17) is 11.6 Å². The van der Waals surface area contributed by atoms with Gasteiger partial charge in [-0.25, -0.2) is 4.39 Å². The van der Waals surface area contributed by atoms with Gasteiger partial charge >= 0.3 is 0 Å². The third kappa shape index (κ3) is 6.15. The molecule has 0 saturated carbocycles. The first-order chi connectivity index (χ1) is 17.1. The Morgan fingerprint density at radius 2 is 1.72 bits per heavy atom. The molecular formula is C28H28ClFN4OS. The standard InChI is InChI=1S/C28H28ClFN4OS/c1-18-5-12-22(29)15-24(18)34-25(32-33-27(34)36-17-19-6-13-23(30)14-7-19)16-31-26(35)20-8-10-21(11-9-20)28(2,3)4/h5-15H,16-17H2,1-4H3,(H,31,35). The lowest BCUT2D eigenvalue weighted by molar-refractivity contribution is 0.0949. The number of nitrogens with zero attached hydrogens (tertiary/aromatic N) is 3. The molecule has 0 spiro atoms. The molecule has 0 unspecified atom stereocenters. The van der Waals surface area contributed by atoms with Crippen LogP contribution in [-0.2, 0) is 17.7 Å². The monoisotopic (exact) mass is 522 g/mol. The second kappa shape index (κ2) is 10.8.